The van der Waals surface area contributed by atoms with Crippen molar-refractivity contribution in [3.8, 4) is 0 Å². The molecule has 0 saturated carbocycles. The van der Waals surface area contributed by atoms with Crippen molar-refractivity contribution in [3.63, 3.8) is 0 Å². The van der Waals surface area contributed by atoms with Crippen molar-refractivity contribution in [2.45, 2.75) is 27.2 Å². The smallest absolute Gasteiger partial charge is 0.225 e. The first kappa shape index (κ1) is 15.2. The number of aryl methyl sites for hydroxylation is 1. The third-order valence-electron chi connectivity index (χ3n) is 2.60. The van der Waals surface area contributed by atoms with Crippen LogP contribution in [0.25, 0.3) is 0 Å². The van der Waals surface area contributed by atoms with Gasteiger partial charge in [-0.1, -0.05) is 6.92 Å². The molecular weight excluding hydrogens is 242 g/mol. The summed E-state index contributed by atoms with van der Waals surface area (Å²) in [7, 11) is 0. The van der Waals surface area contributed by atoms with Crippen molar-refractivity contribution in [3.05, 3.63) is 23.8 Å². The number of amides is 2. The fraction of sp³-hybridized carbons (Fsp3) is 0.429. The molecule has 5 heteroatoms. The summed E-state index contributed by atoms with van der Waals surface area (Å²) in [6.45, 7) is 6.89. The number of carbonyl (C=O) groups excluding carboxylic acids is 2. The minimum Gasteiger partial charge on any atom is -0.326 e. The van der Waals surface area contributed by atoms with E-state index in [0.29, 0.717) is 13.0 Å². The molecule has 0 bridgehead atoms. The van der Waals surface area contributed by atoms with Gasteiger partial charge in [0, 0.05) is 31.3 Å². The Hall–Kier alpha value is -1.88. The molecule has 1 aromatic rings. The quantitative estimate of drug-likeness (QED) is 0.686. The summed E-state index contributed by atoms with van der Waals surface area (Å²) < 4.78 is 0. The highest BCUT2D eigenvalue weighted by Crippen LogP contribution is 2.19. The lowest BCUT2D eigenvalue weighted by Gasteiger charge is -2.10. The van der Waals surface area contributed by atoms with E-state index in [1.54, 1.807) is 12.1 Å². The van der Waals surface area contributed by atoms with Crippen LogP contribution in [0, 0.1) is 6.92 Å². The molecule has 0 fully saturated rings. The molecule has 3 N–H and O–H groups in total. The molecule has 0 spiro atoms. The summed E-state index contributed by atoms with van der Waals surface area (Å²) in [4.78, 5) is 22.6. The predicted octanol–water partition coefficient (Wildman–Crippen LogP) is 1.89. The van der Waals surface area contributed by atoms with Crippen LogP contribution in [0.2, 0.25) is 0 Å². The first-order valence-corrected chi connectivity index (χ1v) is 6.41. The van der Waals surface area contributed by atoms with E-state index in [2.05, 4.69) is 16.0 Å². The lowest BCUT2D eigenvalue weighted by molar-refractivity contribution is -0.116. The average molecular weight is 263 g/mol. The molecule has 2 amide bonds. The number of anilines is 2. The molecule has 19 heavy (non-hydrogen) atoms. The lowest BCUT2D eigenvalue weighted by atomic mass is 10.1. The van der Waals surface area contributed by atoms with Gasteiger partial charge in [-0.25, -0.2) is 0 Å². The third-order valence-corrected chi connectivity index (χ3v) is 2.60. The SMILES string of the molecule is CCNCCC(=O)Nc1ccc(NC(C)=O)c(C)c1. The number of nitrogens with one attached hydrogen (secondary N) is 3. The summed E-state index contributed by atoms with van der Waals surface area (Å²) in [6.07, 6.45) is 0.445. The number of hydrogen-bond acceptors (Lipinski definition) is 3. The zero-order chi connectivity index (χ0) is 14.3. The predicted molar refractivity (Wildman–Crippen MR) is 77.3 cm³/mol. The number of benzene rings is 1. The molecule has 1 aromatic carbocycles. The highest BCUT2D eigenvalue weighted by molar-refractivity contribution is 5.93. The number of rotatable bonds is 6. The zero-order valence-corrected chi connectivity index (χ0v) is 11.7. The van der Waals surface area contributed by atoms with Gasteiger partial charge in [-0.3, -0.25) is 9.59 Å². The second kappa shape index (κ2) is 7.53. The first-order valence-electron chi connectivity index (χ1n) is 6.41. The second-order valence-electron chi connectivity index (χ2n) is 4.36. The number of hydrogen-bond donors (Lipinski definition) is 3. The van der Waals surface area contributed by atoms with Crippen molar-refractivity contribution in [2.24, 2.45) is 0 Å². The normalized spacial score (nSPS) is 10.1. The maximum absolute atomic E-state index is 11.6. The van der Waals surface area contributed by atoms with Crippen LogP contribution in [0.5, 0.6) is 0 Å². The standard InChI is InChI=1S/C14H21N3O2/c1-4-15-8-7-14(19)17-12-5-6-13(10(2)9-12)16-11(3)18/h5-6,9,15H,4,7-8H2,1-3H3,(H,16,18)(H,17,19). The van der Waals surface area contributed by atoms with Crippen LogP contribution in [-0.2, 0) is 9.59 Å². The molecule has 0 unspecified atom stereocenters. The van der Waals surface area contributed by atoms with Crippen LogP contribution >= 0.6 is 0 Å². The van der Waals surface area contributed by atoms with Gasteiger partial charge < -0.3 is 16.0 Å². The van der Waals surface area contributed by atoms with E-state index in [1.807, 2.05) is 19.9 Å². The highest BCUT2D eigenvalue weighted by Gasteiger charge is 2.05. The van der Waals surface area contributed by atoms with Gasteiger partial charge in [0.25, 0.3) is 0 Å². The zero-order valence-electron chi connectivity index (χ0n) is 11.7. The molecular formula is C14H21N3O2. The Morgan fingerprint density at radius 1 is 1.21 bits per heavy atom. The van der Waals surface area contributed by atoms with Crippen molar-refractivity contribution in [1.29, 1.82) is 0 Å². The monoisotopic (exact) mass is 263 g/mol. The molecule has 104 valence electrons. The average Bonchev–Trinajstić information content (AvgIpc) is 2.32. The van der Waals surface area contributed by atoms with Gasteiger partial charge in [-0.2, -0.15) is 0 Å². The van der Waals surface area contributed by atoms with Crippen LogP contribution < -0.4 is 16.0 Å². The van der Waals surface area contributed by atoms with E-state index in [0.717, 1.165) is 23.5 Å². The minimum absolute atomic E-state index is 0.0207. The maximum atomic E-state index is 11.6. The Morgan fingerprint density at radius 2 is 1.95 bits per heavy atom. The van der Waals surface area contributed by atoms with Crippen molar-refractivity contribution < 1.29 is 9.59 Å². The Morgan fingerprint density at radius 3 is 2.53 bits per heavy atom. The minimum atomic E-state index is -0.106. The third kappa shape index (κ3) is 5.52. The fourth-order valence-electron chi connectivity index (χ4n) is 1.67. The van der Waals surface area contributed by atoms with Crippen LogP contribution in [0.1, 0.15) is 25.8 Å². The summed E-state index contributed by atoms with van der Waals surface area (Å²) >= 11 is 0. The summed E-state index contributed by atoms with van der Waals surface area (Å²) in [5, 5.41) is 8.66. The van der Waals surface area contributed by atoms with Crippen LogP contribution in [0.4, 0.5) is 11.4 Å². The molecule has 0 aromatic heterocycles. The van der Waals surface area contributed by atoms with Gasteiger partial charge in [0.15, 0.2) is 0 Å². The topological polar surface area (TPSA) is 70.2 Å². The Bertz CT molecular complexity index is 458. The van der Waals surface area contributed by atoms with Crippen LogP contribution in [-0.4, -0.2) is 24.9 Å². The van der Waals surface area contributed by atoms with E-state index in [-0.39, 0.29) is 11.8 Å². The van der Waals surface area contributed by atoms with E-state index < -0.39 is 0 Å². The highest BCUT2D eigenvalue weighted by atomic mass is 16.2. The Labute approximate surface area is 113 Å². The van der Waals surface area contributed by atoms with Crippen LogP contribution in [0.15, 0.2) is 18.2 Å². The van der Waals surface area contributed by atoms with E-state index >= 15 is 0 Å². The van der Waals surface area contributed by atoms with Crippen molar-refractivity contribution >= 4 is 23.2 Å². The van der Waals surface area contributed by atoms with Crippen LogP contribution in [0.3, 0.4) is 0 Å². The second-order valence-corrected chi connectivity index (χ2v) is 4.36. The van der Waals surface area contributed by atoms with Gasteiger partial charge in [-0.05, 0) is 37.2 Å². The van der Waals surface area contributed by atoms with E-state index in [4.69, 9.17) is 0 Å². The van der Waals surface area contributed by atoms with E-state index in [9.17, 15) is 9.59 Å². The van der Waals surface area contributed by atoms with E-state index in [1.165, 1.54) is 6.92 Å². The Kier molecular flexibility index (Phi) is 6.02. The molecule has 0 saturated heterocycles. The molecule has 1 rings (SSSR count). The molecule has 0 radical (unpaired) electrons. The number of carbonyl (C=O) groups is 2. The summed E-state index contributed by atoms with van der Waals surface area (Å²) in [6, 6.07) is 5.41. The van der Waals surface area contributed by atoms with Gasteiger partial charge in [0.05, 0.1) is 0 Å². The van der Waals surface area contributed by atoms with Crippen molar-refractivity contribution in [1.82, 2.24) is 5.32 Å². The molecule has 0 aliphatic rings. The molecule has 0 heterocycles. The first-order chi connectivity index (χ1) is 9.02. The summed E-state index contributed by atoms with van der Waals surface area (Å²) in [5.74, 6) is -0.127. The van der Waals surface area contributed by atoms with Gasteiger partial charge in [0.1, 0.15) is 0 Å². The maximum Gasteiger partial charge on any atom is 0.225 e. The largest absolute Gasteiger partial charge is 0.326 e. The molecule has 0 aliphatic carbocycles. The van der Waals surface area contributed by atoms with Gasteiger partial charge in [0.2, 0.25) is 11.8 Å². The summed E-state index contributed by atoms with van der Waals surface area (Å²) in [5.41, 5.74) is 2.42. The molecule has 0 aliphatic heterocycles. The van der Waals surface area contributed by atoms with Crippen molar-refractivity contribution in [2.75, 3.05) is 23.7 Å². The molecule has 5 nitrogen and oxygen atoms in total. The van der Waals surface area contributed by atoms with Gasteiger partial charge >= 0.3 is 0 Å². The lowest BCUT2D eigenvalue weighted by Crippen LogP contribution is -2.21. The Balaban J connectivity index is 2.58. The fourth-order valence-corrected chi connectivity index (χ4v) is 1.67. The molecule has 0 atom stereocenters. The van der Waals surface area contributed by atoms with Gasteiger partial charge in [-0.15, -0.1) is 0 Å².